The number of carbonyl (C=O) groups is 1. The molecular weight excluding hydrogens is 424 g/mol. The molecule has 0 aromatic carbocycles. The summed E-state index contributed by atoms with van der Waals surface area (Å²) in [5, 5.41) is 1.35. The third kappa shape index (κ3) is 4.21. The highest BCUT2D eigenvalue weighted by molar-refractivity contribution is 7.99. The van der Waals surface area contributed by atoms with Crippen molar-refractivity contribution in [3.8, 4) is 0 Å². The fourth-order valence-electron chi connectivity index (χ4n) is 3.71. The minimum Gasteiger partial charge on any atom is -0.376 e. The molecule has 1 aliphatic rings. The van der Waals surface area contributed by atoms with E-state index in [-0.39, 0.29) is 23.2 Å². The van der Waals surface area contributed by atoms with E-state index in [9.17, 15) is 9.59 Å². The second-order valence-corrected chi connectivity index (χ2v) is 10.7. The molecule has 1 aliphatic heterocycles. The number of rotatable bonds is 7. The maximum atomic E-state index is 13.4. The predicted octanol–water partition coefficient (Wildman–Crippen LogP) is 4.85. The number of fused-ring (bicyclic) bond motifs is 1. The summed E-state index contributed by atoms with van der Waals surface area (Å²) in [6, 6.07) is 3.83. The maximum Gasteiger partial charge on any atom is 0.263 e. The highest BCUT2D eigenvalue weighted by atomic mass is 32.2. The van der Waals surface area contributed by atoms with Crippen molar-refractivity contribution in [1.29, 1.82) is 0 Å². The van der Waals surface area contributed by atoms with E-state index in [1.807, 2.05) is 26.0 Å². The molecule has 29 heavy (non-hydrogen) atoms. The van der Waals surface area contributed by atoms with Crippen LogP contribution in [-0.4, -0.2) is 33.8 Å². The monoisotopic (exact) mass is 448 g/mol. The largest absolute Gasteiger partial charge is 0.376 e. The smallest absolute Gasteiger partial charge is 0.263 e. The number of Topliss-reactive ketones (excluding diaryl/α,β-unsaturated/α-hetero) is 1. The van der Waals surface area contributed by atoms with E-state index in [1.165, 1.54) is 23.1 Å². The highest BCUT2D eigenvalue weighted by Gasteiger charge is 2.23. The van der Waals surface area contributed by atoms with Gasteiger partial charge in [-0.3, -0.25) is 14.2 Å². The fraction of sp³-hybridized carbons (Fsp3) is 0.476. The molecule has 0 N–H and O–H groups in total. The lowest BCUT2D eigenvalue weighted by atomic mass is 10.1. The minimum absolute atomic E-state index is 0.00591. The minimum atomic E-state index is -0.00591. The molecular formula is C21H24N2O3S3. The van der Waals surface area contributed by atoms with Gasteiger partial charge in [0.2, 0.25) is 0 Å². The standard InChI is InChI=1S/C21H24N2O3S3/c1-4-15-13(3)29-19-18(15)20(25)23(10-14-6-5-9-26-14)21(22-19)27-11-16(24)17-8-7-12(2)28-17/h7-8,14H,4-6,9-11H2,1-3H3. The SMILES string of the molecule is CCc1c(C)sc2nc(SCC(=O)c3ccc(C)s3)n(CC3CCCO3)c(=O)c12. The van der Waals surface area contributed by atoms with Crippen LogP contribution in [0.25, 0.3) is 10.2 Å². The number of nitrogens with zero attached hydrogens (tertiary/aromatic N) is 2. The van der Waals surface area contributed by atoms with Crippen LogP contribution in [0.4, 0.5) is 0 Å². The van der Waals surface area contributed by atoms with Crippen molar-refractivity contribution >= 4 is 50.4 Å². The van der Waals surface area contributed by atoms with Crippen LogP contribution in [0.1, 0.15) is 44.8 Å². The Hall–Kier alpha value is -1.48. The molecule has 1 atom stereocenters. The summed E-state index contributed by atoms with van der Waals surface area (Å²) in [5.74, 6) is 0.344. The molecule has 1 fully saturated rings. The Morgan fingerprint density at radius 3 is 2.83 bits per heavy atom. The van der Waals surface area contributed by atoms with Crippen LogP contribution in [0.3, 0.4) is 0 Å². The van der Waals surface area contributed by atoms with Gasteiger partial charge in [-0.2, -0.15) is 0 Å². The van der Waals surface area contributed by atoms with Gasteiger partial charge in [0.25, 0.3) is 5.56 Å². The van der Waals surface area contributed by atoms with Crippen molar-refractivity contribution < 1.29 is 9.53 Å². The van der Waals surface area contributed by atoms with Crippen molar-refractivity contribution in [3.05, 3.63) is 42.7 Å². The van der Waals surface area contributed by atoms with Crippen LogP contribution in [-0.2, 0) is 17.7 Å². The summed E-state index contributed by atoms with van der Waals surface area (Å²) in [7, 11) is 0. The Bertz CT molecular complexity index is 1110. The summed E-state index contributed by atoms with van der Waals surface area (Å²) in [5.41, 5.74) is 1.08. The van der Waals surface area contributed by atoms with Crippen molar-refractivity contribution in [2.75, 3.05) is 12.4 Å². The van der Waals surface area contributed by atoms with Gasteiger partial charge in [0, 0.05) is 16.4 Å². The van der Waals surface area contributed by atoms with Gasteiger partial charge in [-0.1, -0.05) is 18.7 Å². The van der Waals surface area contributed by atoms with Crippen LogP contribution in [0.5, 0.6) is 0 Å². The Balaban J connectivity index is 1.70. The van der Waals surface area contributed by atoms with Crippen LogP contribution in [0.2, 0.25) is 0 Å². The molecule has 4 heterocycles. The Morgan fingerprint density at radius 2 is 2.17 bits per heavy atom. The first-order valence-corrected chi connectivity index (χ1v) is 12.5. The number of hydrogen-bond donors (Lipinski definition) is 0. The number of hydrogen-bond acceptors (Lipinski definition) is 7. The molecule has 0 bridgehead atoms. The molecule has 0 amide bonds. The van der Waals surface area contributed by atoms with E-state index < -0.39 is 0 Å². The third-order valence-electron chi connectivity index (χ3n) is 5.19. The topological polar surface area (TPSA) is 61.2 Å². The van der Waals surface area contributed by atoms with E-state index in [0.29, 0.717) is 11.7 Å². The highest BCUT2D eigenvalue weighted by Crippen LogP contribution is 2.30. The zero-order valence-electron chi connectivity index (χ0n) is 16.8. The number of aromatic nitrogens is 2. The van der Waals surface area contributed by atoms with Crippen molar-refractivity contribution in [2.24, 2.45) is 0 Å². The zero-order valence-corrected chi connectivity index (χ0v) is 19.3. The summed E-state index contributed by atoms with van der Waals surface area (Å²) in [4.78, 5) is 34.6. The van der Waals surface area contributed by atoms with Crippen LogP contribution < -0.4 is 5.56 Å². The second kappa shape index (κ2) is 8.71. The summed E-state index contributed by atoms with van der Waals surface area (Å²) in [6.45, 7) is 7.35. The molecule has 8 heteroatoms. The Morgan fingerprint density at radius 1 is 1.34 bits per heavy atom. The van der Waals surface area contributed by atoms with Gasteiger partial charge < -0.3 is 4.74 Å². The van der Waals surface area contributed by atoms with Gasteiger partial charge in [-0.15, -0.1) is 22.7 Å². The lowest BCUT2D eigenvalue weighted by molar-refractivity contribution is 0.0937. The summed E-state index contributed by atoms with van der Waals surface area (Å²) >= 11 is 4.43. The fourth-order valence-corrected chi connectivity index (χ4v) is 6.65. The quantitative estimate of drug-likeness (QED) is 0.294. The third-order valence-corrected chi connectivity index (χ3v) is 8.25. The van der Waals surface area contributed by atoms with Gasteiger partial charge in [0.1, 0.15) is 4.83 Å². The van der Waals surface area contributed by atoms with E-state index in [1.54, 1.807) is 15.9 Å². The van der Waals surface area contributed by atoms with E-state index >= 15 is 0 Å². The van der Waals surface area contributed by atoms with Gasteiger partial charge in [-0.05, 0) is 50.8 Å². The Labute approximate surface area is 182 Å². The van der Waals surface area contributed by atoms with Crippen molar-refractivity contribution in [2.45, 2.75) is 57.8 Å². The number of thiophene rings is 2. The molecule has 0 aliphatic carbocycles. The molecule has 4 rings (SSSR count). The van der Waals surface area contributed by atoms with Crippen molar-refractivity contribution in [3.63, 3.8) is 0 Å². The second-order valence-electron chi connectivity index (χ2n) is 7.24. The first-order valence-electron chi connectivity index (χ1n) is 9.84. The van der Waals surface area contributed by atoms with Gasteiger partial charge in [0.15, 0.2) is 10.9 Å². The van der Waals surface area contributed by atoms with E-state index in [0.717, 1.165) is 56.3 Å². The molecule has 5 nitrogen and oxygen atoms in total. The van der Waals surface area contributed by atoms with Crippen molar-refractivity contribution in [1.82, 2.24) is 9.55 Å². The molecule has 0 radical (unpaired) electrons. The molecule has 0 saturated carbocycles. The van der Waals surface area contributed by atoms with E-state index in [4.69, 9.17) is 9.72 Å². The molecule has 0 spiro atoms. The molecule has 154 valence electrons. The average Bonchev–Trinajstić information content (AvgIpc) is 3.42. The molecule has 3 aromatic rings. The number of aryl methyl sites for hydroxylation is 3. The number of thioether (sulfide) groups is 1. The van der Waals surface area contributed by atoms with Crippen LogP contribution in [0, 0.1) is 13.8 Å². The van der Waals surface area contributed by atoms with Gasteiger partial charge in [0.05, 0.1) is 28.7 Å². The van der Waals surface area contributed by atoms with Crippen LogP contribution in [0.15, 0.2) is 22.1 Å². The first-order chi connectivity index (χ1) is 14.0. The lowest BCUT2D eigenvalue weighted by Gasteiger charge is -2.15. The normalized spacial score (nSPS) is 16.7. The molecule has 3 aromatic heterocycles. The first kappa shape index (κ1) is 20.8. The zero-order chi connectivity index (χ0) is 20.5. The van der Waals surface area contributed by atoms with E-state index in [2.05, 4.69) is 6.92 Å². The molecule has 1 unspecified atom stereocenters. The Kier molecular flexibility index (Phi) is 6.24. The maximum absolute atomic E-state index is 13.4. The van der Waals surface area contributed by atoms with Gasteiger partial charge in [-0.25, -0.2) is 4.98 Å². The summed E-state index contributed by atoms with van der Waals surface area (Å²) in [6.07, 6.45) is 2.81. The lowest BCUT2D eigenvalue weighted by Crippen LogP contribution is -2.29. The molecule has 1 saturated heterocycles. The number of carbonyl (C=O) groups excluding carboxylic acids is 1. The average molecular weight is 449 g/mol. The number of ketones is 1. The predicted molar refractivity (Wildman–Crippen MR) is 121 cm³/mol. The van der Waals surface area contributed by atoms with Crippen LogP contribution >= 0.6 is 34.4 Å². The summed E-state index contributed by atoms with van der Waals surface area (Å²) < 4.78 is 7.52. The van der Waals surface area contributed by atoms with Gasteiger partial charge >= 0.3 is 0 Å². The number of ether oxygens (including phenoxy) is 1.